The molecule has 0 heterocycles. The van der Waals surface area contributed by atoms with Gasteiger partial charge in [-0.1, -0.05) is 47.6 Å². The molecule has 0 aliphatic carbocycles. The topological polar surface area (TPSA) is 117 Å². The highest BCUT2D eigenvalue weighted by atomic mass is 16.6. The molecule has 0 saturated carbocycles. The maximum absolute atomic E-state index is 11.1. The third-order valence-electron chi connectivity index (χ3n) is 3.56. The Labute approximate surface area is 148 Å². The third kappa shape index (κ3) is 3.89. The van der Waals surface area contributed by atoms with E-state index in [4.69, 9.17) is 5.53 Å². The summed E-state index contributed by atoms with van der Waals surface area (Å²) in [6, 6.07) is 20.3. The van der Waals surface area contributed by atoms with Crippen LogP contribution >= 0.6 is 0 Å². The van der Waals surface area contributed by atoms with Crippen LogP contribution in [0.25, 0.3) is 21.6 Å². The van der Waals surface area contributed by atoms with Gasteiger partial charge in [-0.05, 0) is 29.3 Å². The van der Waals surface area contributed by atoms with Crippen LogP contribution in [0.4, 0.5) is 22.7 Å². The van der Waals surface area contributed by atoms with E-state index in [0.29, 0.717) is 28.2 Å². The lowest BCUT2D eigenvalue weighted by molar-refractivity contribution is -0.384. The van der Waals surface area contributed by atoms with Gasteiger partial charge in [0, 0.05) is 28.3 Å². The number of nitro groups is 1. The normalized spacial score (nSPS) is 10.5. The second kappa shape index (κ2) is 7.69. The fourth-order valence-electron chi connectivity index (χ4n) is 2.32. The largest absolute Gasteiger partial charge is 0.270 e. The molecule has 0 spiro atoms. The molecule has 0 saturated heterocycles. The van der Waals surface area contributed by atoms with E-state index in [9.17, 15) is 10.1 Å². The van der Waals surface area contributed by atoms with Crippen LogP contribution in [-0.2, 0) is 0 Å². The van der Waals surface area contributed by atoms with Crippen molar-refractivity contribution in [2.45, 2.75) is 0 Å². The van der Waals surface area contributed by atoms with Crippen molar-refractivity contribution in [1.29, 1.82) is 0 Å². The van der Waals surface area contributed by atoms with Crippen LogP contribution in [-0.4, -0.2) is 4.92 Å². The van der Waals surface area contributed by atoms with Crippen LogP contribution in [0.3, 0.4) is 0 Å². The van der Waals surface area contributed by atoms with Gasteiger partial charge in [-0.2, -0.15) is 5.11 Å². The molecule has 3 aromatic carbocycles. The van der Waals surface area contributed by atoms with Crippen molar-refractivity contribution in [1.82, 2.24) is 0 Å². The van der Waals surface area contributed by atoms with Gasteiger partial charge >= 0.3 is 0 Å². The summed E-state index contributed by atoms with van der Waals surface area (Å²) < 4.78 is 0. The van der Waals surface area contributed by atoms with Gasteiger partial charge in [0.25, 0.3) is 5.69 Å². The number of azo groups is 1. The minimum absolute atomic E-state index is 0.0437. The second-order valence-corrected chi connectivity index (χ2v) is 5.23. The molecule has 0 amide bonds. The van der Waals surface area contributed by atoms with Gasteiger partial charge in [-0.15, -0.1) is 5.11 Å². The first-order valence-electron chi connectivity index (χ1n) is 7.58. The Morgan fingerprint density at radius 1 is 0.885 bits per heavy atom. The molecule has 3 rings (SSSR count). The molecule has 26 heavy (non-hydrogen) atoms. The van der Waals surface area contributed by atoms with Crippen LogP contribution in [0.1, 0.15) is 0 Å². The van der Waals surface area contributed by atoms with Gasteiger partial charge < -0.3 is 0 Å². The summed E-state index contributed by atoms with van der Waals surface area (Å²) in [4.78, 5) is 13.4. The lowest BCUT2D eigenvalue weighted by atomic mass is 10.0. The number of rotatable bonds is 5. The van der Waals surface area contributed by atoms with E-state index in [-0.39, 0.29) is 5.69 Å². The van der Waals surface area contributed by atoms with Crippen LogP contribution in [0.15, 0.2) is 88.1 Å². The Bertz CT molecular complexity index is 1010. The fourth-order valence-corrected chi connectivity index (χ4v) is 2.32. The second-order valence-electron chi connectivity index (χ2n) is 5.23. The number of benzene rings is 3. The SMILES string of the molecule is [N-]=[N+]=Nc1ccc(-c2cc([N+](=O)[O-])ccc2N=Nc2ccccc2)cc1. The van der Waals surface area contributed by atoms with Crippen molar-refractivity contribution >= 4 is 22.7 Å². The Balaban J connectivity index is 2.05. The van der Waals surface area contributed by atoms with Gasteiger partial charge in [0.15, 0.2) is 0 Å². The van der Waals surface area contributed by atoms with E-state index in [1.54, 1.807) is 30.3 Å². The summed E-state index contributed by atoms with van der Waals surface area (Å²) in [6.07, 6.45) is 0. The molecule has 0 radical (unpaired) electrons. The Hall–Kier alpha value is -4.03. The first-order chi connectivity index (χ1) is 12.7. The molecule has 8 nitrogen and oxygen atoms in total. The number of azide groups is 1. The highest BCUT2D eigenvalue weighted by Crippen LogP contribution is 2.35. The van der Waals surface area contributed by atoms with Crippen molar-refractivity contribution in [3.8, 4) is 11.1 Å². The predicted octanol–water partition coefficient (Wildman–Crippen LogP) is 6.62. The van der Waals surface area contributed by atoms with Crippen LogP contribution in [0.2, 0.25) is 0 Å². The lowest BCUT2D eigenvalue weighted by Gasteiger charge is -2.06. The first-order valence-corrected chi connectivity index (χ1v) is 7.58. The van der Waals surface area contributed by atoms with Crippen molar-refractivity contribution in [2.24, 2.45) is 15.3 Å². The summed E-state index contributed by atoms with van der Waals surface area (Å²) in [7, 11) is 0. The number of non-ortho nitro benzene ring substituents is 1. The monoisotopic (exact) mass is 344 g/mol. The summed E-state index contributed by atoms with van der Waals surface area (Å²) >= 11 is 0. The van der Waals surface area contributed by atoms with E-state index in [0.717, 1.165) is 0 Å². The van der Waals surface area contributed by atoms with Gasteiger partial charge in [0.05, 0.1) is 16.3 Å². The van der Waals surface area contributed by atoms with Crippen LogP contribution in [0.5, 0.6) is 0 Å². The summed E-state index contributed by atoms with van der Waals surface area (Å²) in [5, 5.41) is 23.0. The zero-order valence-corrected chi connectivity index (χ0v) is 13.4. The van der Waals surface area contributed by atoms with E-state index < -0.39 is 4.92 Å². The quantitative estimate of drug-likeness (QED) is 0.170. The first kappa shape index (κ1) is 16.8. The van der Waals surface area contributed by atoms with E-state index >= 15 is 0 Å². The van der Waals surface area contributed by atoms with Gasteiger partial charge in [-0.25, -0.2) is 0 Å². The molecule has 126 valence electrons. The molecule has 0 aliphatic heterocycles. The third-order valence-corrected chi connectivity index (χ3v) is 3.56. The summed E-state index contributed by atoms with van der Waals surface area (Å²) in [6.45, 7) is 0. The zero-order chi connectivity index (χ0) is 18.4. The van der Waals surface area contributed by atoms with Gasteiger partial charge in [0.2, 0.25) is 0 Å². The highest BCUT2D eigenvalue weighted by molar-refractivity contribution is 5.78. The molecule has 0 aliphatic rings. The zero-order valence-electron chi connectivity index (χ0n) is 13.4. The van der Waals surface area contributed by atoms with Crippen LogP contribution in [0, 0.1) is 10.1 Å². The summed E-state index contributed by atoms with van der Waals surface area (Å²) in [5.74, 6) is 0. The Morgan fingerprint density at radius 2 is 1.62 bits per heavy atom. The highest BCUT2D eigenvalue weighted by Gasteiger charge is 2.12. The molecule has 0 N–H and O–H groups in total. The molecule has 0 bridgehead atoms. The minimum Gasteiger partial charge on any atom is -0.258 e. The molecule has 0 aromatic heterocycles. The standard InChI is InChI=1S/C18H12N6O2/c19-23-21-15-8-6-13(7-9-15)17-12-16(24(25)26)10-11-18(17)22-20-14-4-2-1-3-5-14/h1-12H. The van der Waals surface area contributed by atoms with Gasteiger partial charge in [0.1, 0.15) is 0 Å². The van der Waals surface area contributed by atoms with E-state index in [2.05, 4.69) is 20.3 Å². The maximum Gasteiger partial charge on any atom is 0.270 e. The molecule has 3 aromatic rings. The minimum atomic E-state index is -0.462. The van der Waals surface area contributed by atoms with Crippen LogP contribution < -0.4 is 0 Å². The maximum atomic E-state index is 11.1. The Morgan fingerprint density at radius 3 is 2.27 bits per heavy atom. The van der Waals surface area contributed by atoms with Crippen molar-refractivity contribution in [3.05, 3.63) is 93.4 Å². The number of hydrogen-bond donors (Lipinski definition) is 0. The van der Waals surface area contributed by atoms with E-state index in [1.807, 2.05) is 30.3 Å². The van der Waals surface area contributed by atoms with Gasteiger partial charge in [-0.3, -0.25) is 10.1 Å². The predicted molar refractivity (Wildman–Crippen MR) is 98.0 cm³/mol. The number of nitrogens with zero attached hydrogens (tertiary/aromatic N) is 6. The summed E-state index contributed by atoms with van der Waals surface area (Å²) in [5.41, 5.74) is 11.3. The smallest absolute Gasteiger partial charge is 0.258 e. The van der Waals surface area contributed by atoms with Crippen molar-refractivity contribution in [3.63, 3.8) is 0 Å². The molecule has 0 fully saturated rings. The average Bonchev–Trinajstić information content (AvgIpc) is 2.68. The molecular formula is C18H12N6O2. The molecule has 0 atom stereocenters. The Kier molecular flexibility index (Phi) is 4.98. The average molecular weight is 344 g/mol. The van der Waals surface area contributed by atoms with Crippen molar-refractivity contribution in [2.75, 3.05) is 0 Å². The molecule has 8 heteroatoms. The number of nitro benzene ring substituents is 1. The molecular weight excluding hydrogens is 332 g/mol. The number of hydrogen-bond acceptors (Lipinski definition) is 5. The molecule has 0 unspecified atom stereocenters. The van der Waals surface area contributed by atoms with Crippen molar-refractivity contribution < 1.29 is 4.92 Å². The lowest BCUT2D eigenvalue weighted by Crippen LogP contribution is -1.88. The fraction of sp³-hybridized carbons (Fsp3) is 0. The van der Waals surface area contributed by atoms with E-state index in [1.165, 1.54) is 12.1 Å².